The summed E-state index contributed by atoms with van der Waals surface area (Å²) in [5, 5.41) is 4.06. The number of rotatable bonds is 9. The van der Waals surface area contributed by atoms with Crippen LogP contribution in [0.1, 0.15) is 32.1 Å². The molecule has 0 unspecified atom stereocenters. The van der Waals surface area contributed by atoms with E-state index in [1.54, 1.807) is 11.4 Å². The van der Waals surface area contributed by atoms with Crippen molar-refractivity contribution in [3.8, 4) is 17.1 Å². The highest BCUT2D eigenvalue weighted by atomic mass is 32.2. The predicted octanol–water partition coefficient (Wildman–Crippen LogP) is 2.38. The van der Waals surface area contributed by atoms with E-state index in [2.05, 4.69) is 22.0 Å². The lowest BCUT2D eigenvalue weighted by molar-refractivity contribution is 0.163. The van der Waals surface area contributed by atoms with Crippen LogP contribution in [-0.4, -0.2) is 66.8 Å². The maximum absolute atomic E-state index is 12.4. The van der Waals surface area contributed by atoms with Crippen LogP contribution in [0.3, 0.4) is 0 Å². The van der Waals surface area contributed by atoms with Gasteiger partial charge in [-0.05, 0) is 18.6 Å². The molecule has 1 saturated heterocycles. The molecular weight excluding hydrogens is 380 g/mol. The van der Waals surface area contributed by atoms with Crippen LogP contribution >= 0.6 is 0 Å². The third-order valence-corrected chi connectivity index (χ3v) is 6.86. The zero-order valence-electron chi connectivity index (χ0n) is 16.5. The lowest BCUT2D eigenvalue weighted by Crippen LogP contribution is -2.48. The van der Waals surface area contributed by atoms with Crippen LogP contribution in [0.15, 0.2) is 28.8 Å². The molecule has 28 heavy (non-hydrogen) atoms. The summed E-state index contributed by atoms with van der Waals surface area (Å²) in [6.45, 7) is 4.89. The van der Waals surface area contributed by atoms with Crippen molar-refractivity contribution in [2.75, 3.05) is 39.0 Å². The minimum atomic E-state index is -3.15. The smallest absolute Gasteiger partial charge is 0.241 e. The lowest BCUT2D eigenvalue weighted by Gasteiger charge is -2.33. The predicted molar refractivity (Wildman–Crippen MR) is 106 cm³/mol. The number of hydrogen-bond acceptors (Lipinski definition) is 7. The van der Waals surface area contributed by atoms with Gasteiger partial charge in [0, 0.05) is 26.2 Å². The van der Waals surface area contributed by atoms with Gasteiger partial charge in [0.05, 0.1) is 25.0 Å². The molecule has 8 nitrogen and oxygen atoms in total. The summed E-state index contributed by atoms with van der Waals surface area (Å²) in [7, 11) is -1.54. The topological polar surface area (TPSA) is 88.8 Å². The molecule has 2 heterocycles. The molecular formula is C19H28N4O4S. The van der Waals surface area contributed by atoms with Crippen molar-refractivity contribution in [1.82, 2.24) is 19.3 Å². The Bertz CT molecular complexity index is 860. The Morgan fingerprint density at radius 1 is 1.14 bits per heavy atom. The number of sulfonamides is 1. The second-order valence-electron chi connectivity index (χ2n) is 6.91. The summed E-state index contributed by atoms with van der Waals surface area (Å²) in [6, 6.07) is 7.52. The fourth-order valence-corrected chi connectivity index (χ4v) is 4.83. The summed E-state index contributed by atoms with van der Waals surface area (Å²) < 4.78 is 37.1. The molecule has 154 valence electrons. The molecule has 0 N–H and O–H groups in total. The first kappa shape index (κ1) is 20.8. The van der Waals surface area contributed by atoms with Crippen molar-refractivity contribution >= 4 is 10.0 Å². The SMILES string of the molecule is CCCCCS(=O)(=O)N1CCN(Cc2nc(-c3ccccc3OC)no2)CC1. The van der Waals surface area contributed by atoms with E-state index in [9.17, 15) is 8.42 Å². The molecule has 0 amide bonds. The Labute approximate surface area is 166 Å². The maximum Gasteiger partial charge on any atom is 0.241 e. The van der Waals surface area contributed by atoms with Crippen molar-refractivity contribution in [3.05, 3.63) is 30.2 Å². The number of aromatic nitrogens is 2. The lowest BCUT2D eigenvalue weighted by atomic mass is 10.2. The Morgan fingerprint density at radius 2 is 1.89 bits per heavy atom. The van der Waals surface area contributed by atoms with Crippen molar-refractivity contribution < 1.29 is 17.7 Å². The number of piperazine rings is 1. The van der Waals surface area contributed by atoms with Crippen molar-refractivity contribution in [1.29, 1.82) is 0 Å². The second kappa shape index (κ2) is 9.49. The normalized spacial score (nSPS) is 16.4. The van der Waals surface area contributed by atoms with Crippen LogP contribution < -0.4 is 4.74 Å². The summed E-state index contributed by atoms with van der Waals surface area (Å²) in [5.41, 5.74) is 0.781. The number of nitrogens with zero attached hydrogens (tertiary/aromatic N) is 4. The van der Waals surface area contributed by atoms with Gasteiger partial charge in [0.1, 0.15) is 5.75 Å². The highest BCUT2D eigenvalue weighted by Gasteiger charge is 2.27. The number of para-hydroxylation sites is 1. The van der Waals surface area contributed by atoms with Gasteiger partial charge in [-0.15, -0.1) is 0 Å². The molecule has 0 radical (unpaired) electrons. The maximum atomic E-state index is 12.4. The van der Waals surface area contributed by atoms with Crippen molar-refractivity contribution in [2.24, 2.45) is 0 Å². The van der Waals surface area contributed by atoms with Gasteiger partial charge in [-0.2, -0.15) is 9.29 Å². The van der Waals surface area contributed by atoms with Gasteiger partial charge in [0.2, 0.25) is 21.7 Å². The van der Waals surface area contributed by atoms with Crippen LogP contribution in [-0.2, 0) is 16.6 Å². The molecule has 1 aliphatic rings. The molecule has 1 aromatic heterocycles. The van der Waals surface area contributed by atoms with Gasteiger partial charge in [-0.25, -0.2) is 8.42 Å². The molecule has 0 aliphatic carbocycles. The molecule has 0 saturated carbocycles. The molecule has 0 spiro atoms. The fourth-order valence-electron chi connectivity index (χ4n) is 3.28. The molecule has 0 bridgehead atoms. The Hall–Kier alpha value is -1.97. The van der Waals surface area contributed by atoms with Crippen molar-refractivity contribution in [2.45, 2.75) is 32.7 Å². The molecule has 3 rings (SSSR count). The molecule has 9 heteroatoms. The first-order valence-electron chi connectivity index (χ1n) is 9.69. The highest BCUT2D eigenvalue weighted by Crippen LogP contribution is 2.27. The Kier molecular flexibility index (Phi) is 7.03. The monoisotopic (exact) mass is 408 g/mol. The Balaban J connectivity index is 1.55. The molecule has 1 aromatic carbocycles. The van der Waals surface area contributed by atoms with Gasteiger partial charge in [0.25, 0.3) is 0 Å². The fraction of sp³-hybridized carbons (Fsp3) is 0.579. The summed E-state index contributed by atoms with van der Waals surface area (Å²) in [5.74, 6) is 1.94. The minimum Gasteiger partial charge on any atom is -0.496 e. The van der Waals surface area contributed by atoms with E-state index >= 15 is 0 Å². The van der Waals surface area contributed by atoms with Gasteiger partial charge in [0.15, 0.2) is 0 Å². The first-order chi connectivity index (χ1) is 13.5. The van der Waals surface area contributed by atoms with E-state index in [0.717, 1.165) is 24.8 Å². The minimum absolute atomic E-state index is 0.243. The van der Waals surface area contributed by atoms with Gasteiger partial charge in [-0.3, -0.25) is 4.90 Å². The number of unbranched alkanes of at least 4 members (excludes halogenated alkanes) is 2. The number of hydrogen-bond donors (Lipinski definition) is 0. The van der Waals surface area contributed by atoms with Crippen LogP contribution in [0.4, 0.5) is 0 Å². The summed E-state index contributed by atoms with van der Waals surface area (Å²) in [4.78, 5) is 6.61. The zero-order chi connectivity index (χ0) is 20.0. The van der Waals surface area contributed by atoms with Crippen LogP contribution in [0.5, 0.6) is 5.75 Å². The van der Waals surface area contributed by atoms with E-state index in [4.69, 9.17) is 9.26 Å². The average molecular weight is 409 g/mol. The zero-order valence-corrected chi connectivity index (χ0v) is 17.3. The van der Waals surface area contributed by atoms with E-state index in [0.29, 0.717) is 50.2 Å². The molecule has 2 aromatic rings. The van der Waals surface area contributed by atoms with E-state index in [-0.39, 0.29) is 5.75 Å². The quantitative estimate of drug-likeness (QED) is 0.589. The average Bonchev–Trinajstić information content (AvgIpc) is 3.17. The second-order valence-corrected chi connectivity index (χ2v) is 9.00. The largest absolute Gasteiger partial charge is 0.496 e. The highest BCUT2D eigenvalue weighted by molar-refractivity contribution is 7.89. The van der Waals surface area contributed by atoms with Crippen LogP contribution in [0.2, 0.25) is 0 Å². The Morgan fingerprint density at radius 3 is 2.61 bits per heavy atom. The van der Waals surface area contributed by atoms with E-state index in [1.807, 2.05) is 24.3 Å². The van der Waals surface area contributed by atoms with Gasteiger partial charge >= 0.3 is 0 Å². The molecule has 1 aliphatic heterocycles. The van der Waals surface area contributed by atoms with Crippen LogP contribution in [0, 0.1) is 0 Å². The third-order valence-electron chi connectivity index (χ3n) is 4.91. The number of methoxy groups -OCH3 is 1. The molecule has 0 atom stereocenters. The van der Waals surface area contributed by atoms with E-state index in [1.165, 1.54) is 0 Å². The number of ether oxygens (including phenoxy) is 1. The van der Waals surface area contributed by atoms with Crippen LogP contribution in [0.25, 0.3) is 11.4 Å². The summed E-state index contributed by atoms with van der Waals surface area (Å²) >= 11 is 0. The number of benzene rings is 1. The standard InChI is InChI=1S/C19H28N4O4S/c1-3-4-7-14-28(24,25)23-12-10-22(11-13-23)15-18-20-19(21-27-18)16-8-5-6-9-17(16)26-2/h5-6,8-9H,3-4,7,10-15H2,1-2H3. The summed E-state index contributed by atoms with van der Waals surface area (Å²) in [6.07, 6.45) is 2.70. The van der Waals surface area contributed by atoms with Crippen molar-refractivity contribution in [3.63, 3.8) is 0 Å². The molecule has 1 fully saturated rings. The van der Waals surface area contributed by atoms with Gasteiger partial charge in [-0.1, -0.05) is 37.1 Å². The third kappa shape index (κ3) is 5.09. The first-order valence-corrected chi connectivity index (χ1v) is 11.3. The van der Waals surface area contributed by atoms with Gasteiger partial charge < -0.3 is 9.26 Å². The van der Waals surface area contributed by atoms with E-state index < -0.39 is 10.0 Å².